The van der Waals surface area contributed by atoms with Crippen LogP contribution < -0.4 is 4.74 Å². The molecule has 1 fully saturated rings. The monoisotopic (exact) mass is 324 g/mol. The van der Waals surface area contributed by atoms with Gasteiger partial charge >= 0.3 is 0 Å². The van der Waals surface area contributed by atoms with E-state index < -0.39 is 0 Å². The molecular weight excluding hydrogens is 300 g/mol. The van der Waals surface area contributed by atoms with Crippen molar-refractivity contribution in [1.29, 1.82) is 0 Å². The number of rotatable bonds is 6. The first-order valence-electron chi connectivity index (χ1n) is 7.94. The summed E-state index contributed by atoms with van der Waals surface area (Å²) in [4.78, 5) is 15.8. The average molecular weight is 325 g/mol. The number of amides is 1. The van der Waals surface area contributed by atoms with Gasteiger partial charge in [-0.15, -0.1) is 11.6 Å². The number of benzene rings is 1. The summed E-state index contributed by atoms with van der Waals surface area (Å²) in [6.07, 6.45) is 1.91. The van der Waals surface area contributed by atoms with Crippen LogP contribution in [0.15, 0.2) is 24.3 Å². The summed E-state index contributed by atoms with van der Waals surface area (Å²) in [5.41, 5.74) is 1.28. The second-order valence-electron chi connectivity index (χ2n) is 5.67. The highest BCUT2D eigenvalue weighted by Gasteiger charge is 2.16. The maximum absolute atomic E-state index is 11.4. The summed E-state index contributed by atoms with van der Waals surface area (Å²) in [6, 6.07) is 8.26. The fourth-order valence-corrected chi connectivity index (χ4v) is 2.75. The zero-order chi connectivity index (χ0) is 15.8. The minimum Gasteiger partial charge on any atom is -0.494 e. The third-order valence-electron chi connectivity index (χ3n) is 3.91. The summed E-state index contributed by atoms with van der Waals surface area (Å²) in [6.45, 7) is 6.92. The molecule has 1 aromatic carbocycles. The lowest BCUT2D eigenvalue weighted by Crippen LogP contribution is -2.33. The van der Waals surface area contributed by atoms with Crippen LogP contribution in [-0.2, 0) is 11.3 Å². The van der Waals surface area contributed by atoms with Gasteiger partial charge in [-0.2, -0.15) is 0 Å². The molecule has 1 aliphatic heterocycles. The molecule has 0 unspecified atom stereocenters. The lowest BCUT2D eigenvalue weighted by Gasteiger charge is -2.21. The van der Waals surface area contributed by atoms with E-state index in [1.165, 1.54) is 5.56 Å². The number of alkyl halides is 1. The van der Waals surface area contributed by atoms with Crippen LogP contribution >= 0.6 is 11.6 Å². The van der Waals surface area contributed by atoms with Crippen molar-refractivity contribution in [3.8, 4) is 5.75 Å². The van der Waals surface area contributed by atoms with Crippen LogP contribution in [0.4, 0.5) is 0 Å². The van der Waals surface area contributed by atoms with Crippen LogP contribution in [0.25, 0.3) is 0 Å². The van der Waals surface area contributed by atoms with Crippen molar-refractivity contribution in [1.82, 2.24) is 9.80 Å². The number of ether oxygens (including phenoxy) is 1. The Morgan fingerprint density at radius 1 is 1.18 bits per heavy atom. The van der Waals surface area contributed by atoms with E-state index in [2.05, 4.69) is 17.0 Å². The highest BCUT2D eigenvalue weighted by molar-refractivity contribution is 6.17. The highest BCUT2D eigenvalue weighted by atomic mass is 35.5. The fraction of sp³-hybridized carbons (Fsp3) is 0.588. The molecule has 0 aliphatic carbocycles. The van der Waals surface area contributed by atoms with Crippen molar-refractivity contribution in [2.75, 3.05) is 38.7 Å². The predicted molar refractivity (Wildman–Crippen MR) is 89.4 cm³/mol. The van der Waals surface area contributed by atoms with Crippen LogP contribution in [0, 0.1) is 0 Å². The third-order valence-corrected chi connectivity index (χ3v) is 4.18. The van der Waals surface area contributed by atoms with Gasteiger partial charge in [0.2, 0.25) is 5.91 Å². The van der Waals surface area contributed by atoms with Crippen molar-refractivity contribution in [3.63, 3.8) is 0 Å². The van der Waals surface area contributed by atoms with E-state index in [1.54, 1.807) is 6.92 Å². The number of nitrogens with zero attached hydrogens (tertiary/aromatic N) is 2. The lowest BCUT2D eigenvalue weighted by atomic mass is 10.2. The van der Waals surface area contributed by atoms with Crippen LogP contribution in [0.2, 0.25) is 0 Å². The summed E-state index contributed by atoms with van der Waals surface area (Å²) < 4.78 is 5.61. The predicted octanol–water partition coefficient (Wildman–Crippen LogP) is 2.75. The number of hydrogen-bond acceptors (Lipinski definition) is 3. The Hall–Kier alpha value is -1.26. The molecule has 2 rings (SSSR count). The van der Waals surface area contributed by atoms with E-state index in [-0.39, 0.29) is 5.91 Å². The Morgan fingerprint density at radius 3 is 2.64 bits per heavy atom. The Kier molecular flexibility index (Phi) is 7.00. The smallest absolute Gasteiger partial charge is 0.219 e. The van der Waals surface area contributed by atoms with Crippen molar-refractivity contribution >= 4 is 17.5 Å². The zero-order valence-electron chi connectivity index (χ0n) is 13.3. The Balaban J connectivity index is 1.81. The molecule has 1 saturated heterocycles. The molecule has 0 radical (unpaired) electrons. The van der Waals surface area contributed by atoms with Gasteiger partial charge in [-0.25, -0.2) is 0 Å². The van der Waals surface area contributed by atoms with Crippen molar-refractivity contribution in [3.05, 3.63) is 29.8 Å². The first-order valence-corrected chi connectivity index (χ1v) is 8.48. The van der Waals surface area contributed by atoms with Gasteiger partial charge in [-0.05, 0) is 30.5 Å². The Labute approximate surface area is 138 Å². The van der Waals surface area contributed by atoms with Crippen LogP contribution in [0.3, 0.4) is 0 Å². The van der Waals surface area contributed by atoms with Crippen LogP contribution in [0.5, 0.6) is 5.75 Å². The SMILES string of the molecule is CC(=O)N1CCCN(Cc2ccc(OCCCCl)cc2)CC1. The first-order chi connectivity index (χ1) is 10.7. The van der Waals surface area contributed by atoms with Gasteiger partial charge in [0, 0.05) is 45.5 Å². The van der Waals surface area contributed by atoms with E-state index in [0.29, 0.717) is 12.5 Å². The molecule has 5 heteroatoms. The highest BCUT2D eigenvalue weighted by Crippen LogP contribution is 2.15. The van der Waals surface area contributed by atoms with Crippen molar-refractivity contribution in [2.24, 2.45) is 0 Å². The molecule has 0 spiro atoms. The average Bonchev–Trinajstić information content (AvgIpc) is 2.75. The van der Waals surface area contributed by atoms with Crippen LogP contribution in [0.1, 0.15) is 25.3 Å². The molecule has 1 aliphatic rings. The van der Waals surface area contributed by atoms with Gasteiger partial charge in [0.25, 0.3) is 0 Å². The van der Waals surface area contributed by atoms with Gasteiger partial charge in [0.05, 0.1) is 6.61 Å². The van der Waals surface area contributed by atoms with Gasteiger partial charge in [0.15, 0.2) is 0 Å². The summed E-state index contributed by atoms with van der Waals surface area (Å²) >= 11 is 5.63. The molecule has 0 atom stereocenters. The molecule has 0 bridgehead atoms. The maximum Gasteiger partial charge on any atom is 0.219 e. The van der Waals surface area contributed by atoms with Gasteiger partial charge in [-0.1, -0.05) is 12.1 Å². The standard InChI is InChI=1S/C17H25ClN2O2/c1-15(21)20-10-3-9-19(11-12-20)14-16-4-6-17(7-5-16)22-13-2-8-18/h4-7H,2-3,8-14H2,1H3. The Bertz CT molecular complexity index is 464. The molecule has 22 heavy (non-hydrogen) atoms. The van der Waals surface area contributed by atoms with E-state index in [1.807, 2.05) is 17.0 Å². The van der Waals surface area contributed by atoms with E-state index in [0.717, 1.165) is 51.3 Å². The quantitative estimate of drug-likeness (QED) is 0.596. The van der Waals surface area contributed by atoms with Gasteiger partial charge < -0.3 is 9.64 Å². The van der Waals surface area contributed by atoms with Gasteiger partial charge in [0.1, 0.15) is 5.75 Å². The molecule has 122 valence electrons. The first kappa shape index (κ1) is 17.1. The lowest BCUT2D eigenvalue weighted by molar-refractivity contribution is -0.128. The second kappa shape index (κ2) is 9.01. The summed E-state index contributed by atoms with van der Waals surface area (Å²) in [5, 5.41) is 0. The number of carbonyl (C=O) groups is 1. The minimum atomic E-state index is 0.181. The summed E-state index contributed by atoms with van der Waals surface area (Å²) in [7, 11) is 0. The third kappa shape index (κ3) is 5.50. The molecular formula is C17H25ClN2O2. The number of halogens is 1. The van der Waals surface area contributed by atoms with Crippen molar-refractivity contribution < 1.29 is 9.53 Å². The Morgan fingerprint density at radius 2 is 1.95 bits per heavy atom. The normalized spacial score (nSPS) is 16.4. The molecule has 0 aromatic heterocycles. The molecule has 0 saturated carbocycles. The number of carbonyl (C=O) groups excluding carboxylic acids is 1. The summed E-state index contributed by atoms with van der Waals surface area (Å²) in [5.74, 6) is 1.71. The van der Waals surface area contributed by atoms with E-state index in [9.17, 15) is 4.79 Å². The van der Waals surface area contributed by atoms with Gasteiger partial charge in [-0.3, -0.25) is 9.69 Å². The molecule has 1 amide bonds. The topological polar surface area (TPSA) is 32.8 Å². The van der Waals surface area contributed by atoms with E-state index >= 15 is 0 Å². The minimum absolute atomic E-state index is 0.181. The van der Waals surface area contributed by atoms with E-state index in [4.69, 9.17) is 16.3 Å². The fourth-order valence-electron chi connectivity index (χ4n) is 2.64. The maximum atomic E-state index is 11.4. The molecule has 1 aromatic rings. The van der Waals surface area contributed by atoms with Crippen LogP contribution in [-0.4, -0.2) is 54.4 Å². The molecule has 4 nitrogen and oxygen atoms in total. The molecule has 1 heterocycles. The molecule has 0 N–H and O–H groups in total. The zero-order valence-corrected chi connectivity index (χ0v) is 14.0. The largest absolute Gasteiger partial charge is 0.494 e. The second-order valence-corrected chi connectivity index (χ2v) is 6.05. The van der Waals surface area contributed by atoms with Crippen molar-refractivity contribution in [2.45, 2.75) is 26.3 Å². The number of hydrogen-bond donors (Lipinski definition) is 0.